The average molecular weight is 324 g/mol. The van der Waals surface area contributed by atoms with Gasteiger partial charge >= 0.3 is 0 Å². The van der Waals surface area contributed by atoms with Crippen molar-refractivity contribution in [3.63, 3.8) is 0 Å². The topological polar surface area (TPSA) is 58.0 Å². The van der Waals surface area contributed by atoms with E-state index in [-0.39, 0.29) is 5.54 Å². The first-order chi connectivity index (χ1) is 9.87. The Morgan fingerprint density at radius 1 is 1.24 bits per heavy atom. The van der Waals surface area contributed by atoms with Gasteiger partial charge in [0.1, 0.15) is 12.0 Å². The van der Waals surface area contributed by atoms with E-state index in [0.29, 0.717) is 15.8 Å². The predicted molar refractivity (Wildman–Crippen MR) is 86.2 cm³/mol. The number of anilines is 1. The second-order valence-electron chi connectivity index (χ2n) is 5.81. The molecule has 3 rings (SSSR count). The number of hydrogen-bond donors (Lipinski definition) is 2. The van der Waals surface area contributed by atoms with E-state index in [1.54, 1.807) is 16.9 Å². The molecule has 1 aromatic carbocycles. The van der Waals surface area contributed by atoms with Crippen LogP contribution in [-0.4, -0.2) is 25.1 Å². The third kappa shape index (κ3) is 2.59. The maximum absolute atomic E-state index is 6.33. The van der Waals surface area contributed by atoms with Crippen LogP contribution in [-0.2, 0) is 0 Å². The number of H-pyrrole nitrogens is 1. The molecule has 0 amide bonds. The quantitative estimate of drug-likeness (QED) is 0.741. The number of imidazole rings is 1. The van der Waals surface area contributed by atoms with Crippen molar-refractivity contribution in [2.45, 2.75) is 26.3 Å². The predicted octanol–water partition coefficient (Wildman–Crippen LogP) is 4.24. The van der Waals surface area contributed by atoms with Gasteiger partial charge < -0.3 is 5.32 Å². The standard InChI is InChI=1S/C14H15Cl2N5/c1-14(2,3)20-12-11(19-13-17-7-18-21(12)13)8-5-4-6-9(15)10(8)16/h4-7,20H,1-3H3,(H,17,18,19). The Morgan fingerprint density at radius 3 is 2.71 bits per heavy atom. The van der Waals surface area contributed by atoms with Crippen LogP contribution in [0.3, 0.4) is 0 Å². The summed E-state index contributed by atoms with van der Waals surface area (Å²) in [6, 6.07) is 5.50. The maximum Gasteiger partial charge on any atom is 0.252 e. The van der Waals surface area contributed by atoms with Crippen molar-refractivity contribution in [2.75, 3.05) is 5.32 Å². The minimum Gasteiger partial charge on any atom is -0.364 e. The van der Waals surface area contributed by atoms with Crippen molar-refractivity contribution in [1.29, 1.82) is 0 Å². The van der Waals surface area contributed by atoms with Crippen molar-refractivity contribution in [1.82, 2.24) is 19.6 Å². The molecule has 0 unspecified atom stereocenters. The smallest absolute Gasteiger partial charge is 0.252 e. The molecule has 0 bridgehead atoms. The van der Waals surface area contributed by atoms with Gasteiger partial charge in [-0.2, -0.15) is 0 Å². The van der Waals surface area contributed by atoms with E-state index in [2.05, 4.69) is 41.2 Å². The lowest BCUT2D eigenvalue weighted by atomic mass is 10.1. The first-order valence-electron chi connectivity index (χ1n) is 6.51. The third-order valence-corrected chi connectivity index (χ3v) is 3.75. The van der Waals surface area contributed by atoms with E-state index in [0.717, 1.165) is 17.1 Å². The third-order valence-electron chi connectivity index (χ3n) is 2.93. The summed E-state index contributed by atoms with van der Waals surface area (Å²) in [6.45, 7) is 6.23. The summed E-state index contributed by atoms with van der Waals surface area (Å²) in [7, 11) is 0. The van der Waals surface area contributed by atoms with Gasteiger partial charge in [-0.25, -0.2) is 14.5 Å². The van der Waals surface area contributed by atoms with Crippen LogP contribution in [0.5, 0.6) is 0 Å². The monoisotopic (exact) mass is 323 g/mol. The number of rotatable bonds is 2. The molecule has 2 N–H and O–H groups in total. The van der Waals surface area contributed by atoms with Crippen LogP contribution in [0.25, 0.3) is 17.0 Å². The van der Waals surface area contributed by atoms with Crippen LogP contribution >= 0.6 is 23.2 Å². The zero-order valence-corrected chi connectivity index (χ0v) is 13.4. The molecule has 21 heavy (non-hydrogen) atoms. The summed E-state index contributed by atoms with van der Waals surface area (Å²) in [6.07, 6.45) is 1.60. The molecule has 5 nitrogen and oxygen atoms in total. The number of fused-ring (bicyclic) bond motifs is 1. The summed E-state index contributed by atoms with van der Waals surface area (Å²) in [5.74, 6) is 1.38. The Balaban J connectivity index is 2.24. The van der Waals surface area contributed by atoms with Crippen LogP contribution < -0.4 is 5.32 Å². The summed E-state index contributed by atoms with van der Waals surface area (Å²) in [5.41, 5.74) is 1.35. The van der Waals surface area contributed by atoms with Gasteiger partial charge in [-0.15, -0.1) is 0 Å². The van der Waals surface area contributed by atoms with E-state index in [4.69, 9.17) is 23.2 Å². The molecule has 0 aliphatic rings. The number of halogens is 2. The van der Waals surface area contributed by atoms with Crippen LogP contribution in [0.15, 0.2) is 24.5 Å². The highest BCUT2D eigenvalue weighted by Crippen LogP contribution is 2.37. The maximum atomic E-state index is 6.33. The van der Waals surface area contributed by atoms with Gasteiger partial charge in [0.2, 0.25) is 0 Å². The second kappa shape index (κ2) is 4.93. The van der Waals surface area contributed by atoms with Crippen molar-refractivity contribution < 1.29 is 0 Å². The zero-order valence-electron chi connectivity index (χ0n) is 11.9. The molecule has 2 heterocycles. The Morgan fingerprint density at radius 2 is 2.00 bits per heavy atom. The molecular formula is C14H15Cl2N5. The van der Waals surface area contributed by atoms with E-state index < -0.39 is 0 Å². The Hall–Kier alpha value is -1.72. The Kier molecular flexibility index (Phi) is 3.34. The molecule has 7 heteroatoms. The lowest BCUT2D eigenvalue weighted by Crippen LogP contribution is -2.27. The molecule has 0 aliphatic carbocycles. The van der Waals surface area contributed by atoms with Gasteiger partial charge in [-0.1, -0.05) is 35.3 Å². The number of hydrogen-bond acceptors (Lipinski definition) is 3. The normalized spacial score (nSPS) is 12.0. The Bertz CT molecular complexity index is 797. The lowest BCUT2D eigenvalue weighted by Gasteiger charge is -2.22. The fraction of sp³-hybridized carbons (Fsp3) is 0.286. The molecule has 0 saturated heterocycles. The Labute approximate surface area is 132 Å². The van der Waals surface area contributed by atoms with Crippen molar-refractivity contribution >= 4 is 34.8 Å². The molecule has 3 aromatic rings. The molecule has 110 valence electrons. The number of aromatic amines is 1. The van der Waals surface area contributed by atoms with Gasteiger partial charge in [-0.05, 0) is 26.8 Å². The first kappa shape index (κ1) is 14.2. The summed E-state index contributed by atoms with van der Waals surface area (Å²) in [5, 5.41) is 7.45. The number of nitrogens with zero attached hydrogens (tertiary/aromatic N) is 3. The molecule has 0 spiro atoms. The van der Waals surface area contributed by atoms with Gasteiger partial charge in [0.25, 0.3) is 5.78 Å². The second-order valence-corrected chi connectivity index (χ2v) is 6.59. The highest BCUT2D eigenvalue weighted by Gasteiger charge is 2.22. The first-order valence-corrected chi connectivity index (χ1v) is 7.27. The molecule has 0 radical (unpaired) electrons. The highest BCUT2D eigenvalue weighted by atomic mass is 35.5. The SMILES string of the molecule is CC(C)(C)Nc1c(-c2cccc(Cl)c2Cl)nc2nc[nH]n12. The van der Waals surface area contributed by atoms with E-state index >= 15 is 0 Å². The van der Waals surface area contributed by atoms with E-state index in [1.807, 2.05) is 12.1 Å². The summed E-state index contributed by atoms with van der Waals surface area (Å²) < 4.78 is 1.79. The van der Waals surface area contributed by atoms with Crippen LogP contribution in [0.4, 0.5) is 5.82 Å². The molecule has 0 saturated carbocycles. The summed E-state index contributed by atoms with van der Waals surface area (Å²) in [4.78, 5) is 8.73. The molecule has 2 aromatic heterocycles. The van der Waals surface area contributed by atoms with Crippen molar-refractivity contribution in [3.05, 3.63) is 34.6 Å². The number of aromatic nitrogens is 4. The molecule has 0 fully saturated rings. The highest BCUT2D eigenvalue weighted by molar-refractivity contribution is 6.43. The van der Waals surface area contributed by atoms with Gasteiger partial charge in [-0.3, -0.25) is 5.10 Å². The number of benzene rings is 1. The van der Waals surface area contributed by atoms with Crippen molar-refractivity contribution in [3.8, 4) is 11.3 Å². The van der Waals surface area contributed by atoms with Crippen LogP contribution in [0, 0.1) is 0 Å². The minimum atomic E-state index is -0.138. The van der Waals surface area contributed by atoms with Gasteiger partial charge in [0.05, 0.1) is 10.0 Å². The van der Waals surface area contributed by atoms with Crippen LogP contribution in [0.1, 0.15) is 20.8 Å². The summed E-state index contributed by atoms with van der Waals surface area (Å²) >= 11 is 12.4. The molecule has 0 aliphatic heterocycles. The largest absolute Gasteiger partial charge is 0.364 e. The molecular weight excluding hydrogens is 309 g/mol. The fourth-order valence-electron chi connectivity index (χ4n) is 2.11. The minimum absolute atomic E-state index is 0.138. The van der Waals surface area contributed by atoms with Crippen LogP contribution in [0.2, 0.25) is 10.0 Å². The van der Waals surface area contributed by atoms with Gasteiger partial charge in [0, 0.05) is 11.1 Å². The van der Waals surface area contributed by atoms with E-state index in [9.17, 15) is 0 Å². The fourth-order valence-corrected chi connectivity index (χ4v) is 2.50. The van der Waals surface area contributed by atoms with Gasteiger partial charge in [0.15, 0.2) is 5.82 Å². The van der Waals surface area contributed by atoms with Crippen molar-refractivity contribution in [2.24, 2.45) is 0 Å². The lowest BCUT2D eigenvalue weighted by molar-refractivity contribution is 0.627. The zero-order chi connectivity index (χ0) is 15.2. The number of nitrogens with one attached hydrogen (secondary N) is 2. The molecule has 0 atom stereocenters. The van der Waals surface area contributed by atoms with E-state index in [1.165, 1.54) is 0 Å². The average Bonchev–Trinajstić information content (AvgIpc) is 2.94.